The number of hydrogen-bond acceptors (Lipinski definition) is 4. The Morgan fingerprint density at radius 2 is 2.06 bits per heavy atom. The standard InChI is InChI=1S/C12H22N2O3/c1-12(13-2)3-5-14(6-4-12)11(15)10-9-16-7-8-17-10/h10,13H,3-9H2,1-2H3. The van der Waals surface area contributed by atoms with E-state index >= 15 is 0 Å². The van der Waals surface area contributed by atoms with E-state index in [0.717, 1.165) is 25.9 Å². The minimum Gasteiger partial charge on any atom is -0.376 e. The summed E-state index contributed by atoms with van der Waals surface area (Å²) in [5.74, 6) is 0.0860. The van der Waals surface area contributed by atoms with E-state index in [1.165, 1.54) is 0 Å². The van der Waals surface area contributed by atoms with Crippen LogP contribution in [-0.2, 0) is 14.3 Å². The fourth-order valence-electron chi connectivity index (χ4n) is 2.30. The Labute approximate surface area is 102 Å². The number of carbonyl (C=O) groups is 1. The van der Waals surface area contributed by atoms with Gasteiger partial charge in [-0.15, -0.1) is 0 Å². The van der Waals surface area contributed by atoms with Crippen LogP contribution in [0.25, 0.3) is 0 Å². The van der Waals surface area contributed by atoms with Crippen molar-refractivity contribution in [3.63, 3.8) is 0 Å². The van der Waals surface area contributed by atoms with Crippen molar-refractivity contribution in [2.75, 3.05) is 40.0 Å². The minimum atomic E-state index is -0.386. The number of ether oxygens (including phenoxy) is 2. The monoisotopic (exact) mass is 242 g/mol. The summed E-state index contributed by atoms with van der Waals surface area (Å²) < 4.78 is 10.7. The van der Waals surface area contributed by atoms with Gasteiger partial charge in [0.15, 0.2) is 6.10 Å². The molecule has 1 atom stereocenters. The van der Waals surface area contributed by atoms with Crippen LogP contribution in [0.15, 0.2) is 0 Å². The van der Waals surface area contributed by atoms with Crippen LogP contribution in [-0.4, -0.2) is 62.4 Å². The maximum atomic E-state index is 12.2. The molecule has 1 N–H and O–H groups in total. The lowest BCUT2D eigenvalue weighted by molar-refractivity contribution is -0.159. The number of hydrogen-bond donors (Lipinski definition) is 1. The van der Waals surface area contributed by atoms with Crippen LogP contribution in [0.2, 0.25) is 0 Å². The van der Waals surface area contributed by atoms with Crippen LogP contribution in [0.4, 0.5) is 0 Å². The maximum Gasteiger partial charge on any atom is 0.254 e. The molecule has 1 unspecified atom stereocenters. The highest BCUT2D eigenvalue weighted by molar-refractivity contribution is 5.81. The third-order valence-corrected chi connectivity index (χ3v) is 3.87. The van der Waals surface area contributed by atoms with Gasteiger partial charge >= 0.3 is 0 Å². The van der Waals surface area contributed by atoms with Gasteiger partial charge in [-0.2, -0.15) is 0 Å². The second kappa shape index (κ2) is 5.33. The van der Waals surface area contributed by atoms with Crippen molar-refractivity contribution in [2.24, 2.45) is 0 Å². The molecule has 0 saturated carbocycles. The van der Waals surface area contributed by atoms with Gasteiger partial charge in [0.2, 0.25) is 0 Å². The van der Waals surface area contributed by atoms with Crippen LogP contribution in [0.3, 0.4) is 0 Å². The van der Waals surface area contributed by atoms with E-state index in [0.29, 0.717) is 19.8 Å². The number of piperidine rings is 1. The van der Waals surface area contributed by atoms with Gasteiger partial charge in [-0.1, -0.05) is 0 Å². The molecule has 2 rings (SSSR count). The number of likely N-dealkylation sites (tertiary alicyclic amines) is 1. The molecule has 5 heteroatoms. The third kappa shape index (κ3) is 2.97. The molecule has 0 aliphatic carbocycles. The van der Waals surface area contributed by atoms with E-state index in [2.05, 4.69) is 12.2 Å². The third-order valence-electron chi connectivity index (χ3n) is 3.87. The topological polar surface area (TPSA) is 50.8 Å². The number of carbonyl (C=O) groups excluding carboxylic acids is 1. The Balaban J connectivity index is 1.85. The molecule has 1 amide bonds. The first-order valence-electron chi connectivity index (χ1n) is 6.32. The highest BCUT2D eigenvalue weighted by Crippen LogP contribution is 2.22. The summed E-state index contributed by atoms with van der Waals surface area (Å²) in [6, 6.07) is 0. The summed E-state index contributed by atoms with van der Waals surface area (Å²) in [5.41, 5.74) is 0.167. The molecule has 0 aromatic carbocycles. The van der Waals surface area contributed by atoms with Gasteiger partial charge in [0.1, 0.15) is 0 Å². The van der Waals surface area contributed by atoms with E-state index in [1.807, 2.05) is 11.9 Å². The Morgan fingerprint density at radius 1 is 1.35 bits per heavy atom. The predicted molar refractivity (Wildman–Crippen MR) is 63.8 cm³/mol. The van der Waals surface area contributed by atoms with Gasteiger partial charge in [-0.25, -0.2) is 0 Å². The van der Waals surface area contributed by atoms with Gasteiger partial charge in [0.05, 0.1) is 19.8 Å². The molecule has 2 aliphatic rings. The zero-order chi connectivity index (χ0) is 12.3. The summed E-state index contributed by atoms with van der Waals surface area (Å²) in [4.78, 5) is 14.1. The first-order chi connectivity index (χ1) is 8.14. The quantitative estimate of drug-likeness (QED) is 0.740. The van der Waals surface area contributed by atoms with Gasteiger partial charge in [0.25, 0.3) is 5.91 Å². The van der Waals surface area contributed by atoms with Crippen molar-refractivity contribution < 1.29 is 14.3 Å². The zero-order valence-electron chi connectivity index (χ0n) is 10.7. The Bertz CT molecular complexity index is 269. The molecule has 5 nitrogen and oxygen atoms in total. The van der Waals surface area contributed by atoms with E-state index in [4.69, 9.17) is 9.47 Å². The molecule has 2 fully saturated rings. The van der Waals surface area contributed by atoms with E-state index in [-0.39, 0.29) is 17.6 Å². The lowest BCUT2D eigenvalue weighted by Crippen LogP contribution is -2.54. The molecule has 0 aromatic heterocycles. The molecular formula is C12H22N2O3. The first-order valence-corrected chi connectivity index (χ1v) is 6.32. The van der Waals surface area contributed by atoms with Gasteiger partial charge in [-0.05, 0) is 26.8 Å². The fourth-order valence-corrected chi connectivity index (χ4v) is 2.30. The van der Waals surface area contributed by atoms with Crippen molar-refractivity contribution in [1.82, 2.24) is 10.2 Å². The highest BCUT2D eigenvalue weighted by atomic mass is 16.6. The number of nitrogens with one attached hydrogen (secondary N) is 1. The van der Waals surface area contributed by atoms with Crippen LogP contribution in [0.5, 0.6) is 0 Å². The Hall–Kier alpha value is -0.650. The van der Waals surface area contributed by atoms with Gasteiger partial charge in [0, 0.05) is 18.6 Å². The lowest BCUT2D eigenvalue weighted by Gasteiger charge is -2.40. The molecule has 2 aliphatic heterocycles. The Kier molecular flexibility index (Phi) is 4.01. The molecule has 0 radical (unpaired) electrons. The smallest absolute Gasteiger partial charge is 0.254 e. The largest absolute Gasteiger partial charge is 0.376 e. The molecule has 17 heavy (non-hydrogen) atoms. The van der Waals surface area contributed by atoms with E-state index in [9.17, 15) is 4.79 Å². The second-order valence-electron chi connectivity index (χ2n) is 5.07. The summed E-state index contributed by atoms with van der Waals surface area (Å²) in [5, 5.41) is 3.33. The molecular weight excluding hydrogens is 220 g/mol. The molecule has 0 spiro atoms. The highest BCUT2D eigenvalue weighted by Gasteiger charge is 2.34. The fraction of sp³-hybridized carbons (Fsp3) is 0.917. The average Bonchev–Trinajstić information content (AvgIpc) is 2.40. The molecule has 0 bridgehead atoms. The van der Waals surface area contributed by atoms with Gasteiger partial charge in [-0.3, -0.25) is 4.79 Å². The van der Waals surface area contributed by atoms with Crippen molar-refractivity contribution >= 4 is 5.91 Å². The molecule has 98 valence electrons. The number of nitrogens with zero attached hydrogens (tertiary/aromatic N) is 1. The van der Waals surface area contributed by atoms with E-state index < -0.39 is 0 Å². The summed E-state index contributed by atoms with van der Waals surface area (Å²) in [6.07, 6.45) is 1.59. The van der Waals surface area contributed by atoms with Crippen LogP contribution >= 0.6 is 0 Å². The summed E-state index contributed by atoms with van der Waals surface area (Å²) in [7, 11) is 1.98. The van der Waals surface area contributed by atoms with Crippen LogP contribution < -0.4 is 5.32 Å². The van der Waals surface area contributed by atoms with Crippen LogP contribution in [0, 0.1) is 0 Å². The minimum absolute atomic E-state index is 0.0860. The number of rotatable bonds is 2. The lowest BCUT2D eigenvalue weighted by atomic mass is 9.90. The zero-order valence-corrected chi connectivity index (χ0v) is 10.7. The predicted octanol–water partition coefficient (Wildman–Crippen LogP) is 0.00230. The van der Waals surface area contributed by atoms with Gasteiger partial charge < -0.3 is 19.7 Å². The Morgan fingerprint density at radius 3 is 2.59 bits per heavy atom. The SMILES string of the molecule is CNC1(C)CCN(C(=O)C2COCCO2)CC1. The van der Waals surface area contributed by atoms with Crippen molar-refractivity contribution in [3.8, 4) is 0 Å². The van der Waals surface area contributed by atoms with Crippen LogP contribution in [0.1, 0.15) is 19.8 Å². The van der Waals surface area contributed by atoms with Crippen molar-refractivity contribution in [1.29, 1.82) is 0 Å². The van der Waals surface area contributed by atoms with E-state index in [1.54, 1.807) is 0 Å². The first kappa shape index (κ1) is 12.8. The molecule has 2 saturated heterocycles. The molecule has 0 aromatic rings. The van der Waals surface area contributed by atoms with Crippen molar-refractivity contribution in [2.45, 2.75) is 31.4 Å². The summed E-state index contributed by atoms with van der Waals surface area (Å²) >= 11 is 0. The summed E-state index contributed by atoms with van der Waals surface area (Å²) in [6.45, 7) is 5.33. The second-order valence-corrected chi connectivity index (χ2v) is 5.07. The average molecular weight is 242 g/mol. The normalized spacial score (nSPS) is 29.1. The molecule has 2 heterocycles. The number of amides is 1. The van der Waals surface area contributed by atoms with Crippen molar-refractivity contribution in [3.05, 3.63) is 0 Å². The maximum absolute atomic E-state index is 12.2.